The van der Waals surface area contributed by atoms with E-state index in [0.29, 0.717) is 11.4 Å². The summed E-state index contributed by atoms with van der Waals surface area (Å²) in [5, 5.41) is 6.43. The molecule has 0 fully saturated rings. The maximum absolute atomic E-state index is 13.2. The van der Waals surface area contributed by atoms with E-state index < -0.39 is 17.2 Å². The first-order valence-corrected chi connectivity index (χ1v) is 5.72. The van der Waals surface area contributed by atoms with Gasteiger partial charge < -0.3 is 5.73 Å². The van der Waals surface area contributed by atoms with Gasteiger partial charge in [-0.2, -0.15) is 5.10 Å². The monoisotopic (exact) mass is 277 g/mol. The minimum atomic E-state index is -1.00. The van der Waals surface area contributed by atoms with Crippen molar-refractivity contribution in [2.24, 2.45) is 5.73 Å². The zero-order valence-electron chi connectivity index (χ0n) is 10.1. The van der Waals surface area contributed by atoms with Gasteiger partial charge in [0.15, 0.2) is 17.5 Å². The van der Waals surface area contributed by atoms with Crippen molar-refractivity contribution in [1.29, 1.82) is 0 Å². The number of fused-ring (bicyclic) bond motifs is 1. The van der Waals surface area contributed by atoms with Gasteiger partial charge in [0.1, 0.15) is 0 Å². The topological polar surface area (TPSA) is 89.1 Å². The molecule has 0 unspecified atom stereocenters. The zero-order chi connectivity index (χ0) is 14.3. The fraction of sp³-hybridized carbons (Fsp3) is 0.0833. The number of benzene rings is 1. The average molecular weight is 277 g/mol. The van der Waals surface area contributed by atoms with Gasteiger partial charge in [-0.3, -0.25) is 4.79 Å². The molecule has 8 heteroatoms. The summed E-state index contributed by atoms with van der Waals surface area (Å²) in [5.41, 5.74) is 5.58. The Kier molecular flexibility index (Phi) is 2.79. The second-order valence-electron chi connectivity index (χ2n) is 4.11. The van der Waals surface area contributed by atoms with Crippen molar-refractivity contribution < 1.29 is 8.78 Å². The smallest absolute Gasteiger partial charge is 0.261 e. The highest BCUT2D eigenvalue weighted by Gasteiger charge is 2.11. The molecule has 3 aromatic rings. The second-order valence-corrected chi connectivity index (χ2v) is 4.11. The summed E-state index contributed by atoms with van der Waals surface area (Å²) in [5.74, 6) is -1.43. The summed E-state index contributed by atoms with van der Waals surface area (Å²) in [4.78, 5) is 16.2. The third-order valence-electron chi connectivity index (χ3n) is 2.86. The first-order chi connectivity index (χ1) is 9.60. The highest BCUT2D eigenvalue weighted by molar-refractivity contribution is 5.60. The first-order valence-electron chi connectivity index (χ1n) is 5.72. The molecule has 0 saturated carbocycles. The van der Waals surface area contributed by atoms with Crippen LogP contribution in [-0.2, 0) is 6.54 Å². The van der Waals surface area contributed by atoms with Crippen LogP contribution in [0, 0.1) is 11.6 Å². The molecule has 20 heavy (non-hydrogen) atoms. The SMILES string of the molecule is NCc1n[nH]c2nc(-c3ccc(F)c(F)c3)cc(=O)n12. The molecule has 0 amide bonds. The Balaban J connectivity index is 2.22. The van der Waals surface area contributed by atoms with E-state index >= 15 is 0 Å². The van der Waals surface area contributed by atoms with Crippen LogP contribution in [-0.4, -0.2) is 19.6 Å². The Hall–Kier alpha value is -2.61. The molecule has 3 N–H and O–H groups in total. The molecule has 6 nitrogen and oxygen atoms in total. The van der Waals surface area contributed by atoms with Crippen molar-refractivity contribution in [3.8, 4) is 11.3 Å². The lowest BCUT2D eigenvalue weighted by atomic mass is 10.1. The number of nitrogens with two attached hydrogens (primary N) is 1. The van der Waals surface area contributed by atoms with Gasteiger partial charge >= 0.3 is 0 Å². The maximum Gasteiger partial charge on any atom is 0.261 e. The molecule has 0 aliphatic heterocycles. The van der Waals surface area contributed by atoms with Crippen LogP contribution in [0.25, 0.3) is 17.0 Å². The number of aromatic amines is 1. The molecule has 3 rings (SSSR count). The molecule has 2 aromatic heterocycles. The largest absolute Gasteiger partial charge is 0.324 e. The fourth-order valence-corrected chi connectivity index (χ4v) is 1.91. The Morgan fingerprint density at radius 3 is 2.75 bits per heavy atom. The molecular formula is C12H9F2N5O. The summed E-state index contributed by atoms with van der Waals surface area (Å²) in [6, 6.07) is 4.52. The van der Waals surface area contributed by atoms with E-state index in [0.717, 1.165) is 12.1 Å². The van der Waals surface area contributed by atoms with E-state index in [1.54, 1.807) is 0 Å². The summed E-state index contributed by atoms with van der Waals surface area (Å²) in [7, 11) is 0. The summed E-state index contributed by atoms with van der Waals surface area (Å²) in [6.45, 7) is 0.0755. The first kappa shape index (κ1) is 12.4. The van der Waals surface area contributed by atoms with Crippen molar-refractivity contribution >= 4 is 5.78 Å². The van der Waals surface area contributed by atoms with E-state index in [1.165, 1.54) is 16.5 Å². The summed E-state index contributed by atoms with van der Waals surface area (Å²) >= 11 is 0. The molecule has 0 aliphatic carbocycles. The Bertz CT molecular complexity index is 855. The van der Waals surface area contributed by atoms with Gasteiger partial charge in [-0.25, -0.2) is 23.3 Å². The predicted molar refractivity (Wildman–Crippen MR) is 66.9 cm³/mol. The number of nitrogens with zero attached hydrogens (tertiary/aromatic N) is 3. The molecule has 0 saturated heterocycles. The van der Waals surface area contributed by atoms with Crippen LogP contribution < -0.4 is 11.3 Å². The molecule has 0 aliphatic rings. The Labute approximate surface area is 110 Å². The summed E-state index contributed by atoms with van der Waals surface area (Å²) in [6.07, 6.45) is 0. The van der Waals surface area contributed by atoms with Gasteiger partial charge in [0.25, 0.3) is 5.56 Å². The van der Waals surface area contributed by atoms with Crippen LogP contribution in [0.3, 0.4) is 0 Å². The van der Waals surface area contributed by atoms with Gasteiger partial charge in [-0.05, 0) is 18.2 Å². The normalized spacial score (nSPS) is 11.2. The van der Waals surface area contributed by atoms with Gasteiger partial charge in [-0.1, -0.05) is 0 Å². The highest BCUT2D eigenvalue weighted by Crippen LogP contribution is 2.18. The quantitative estimate of drug-likeness (QED) is 0.725. The molecule has 0 spiro atoms. The number of aromatic nitrogens is 4. The molecule has 2 heterocycles. The lowest BCUT2D eigenvalue weighted by Gasteiger charge is -2.02. The Morgan fingerprint density at radius 1 is 1.25 bits per heavy atom. The number of hydrogen-bond acceptors (Lipinski definition) is 4. The fourth-order valence-electron chi connectivity index (χ4n) is 1.91. The van der Waals surface area contributed by atoms with Crippen LogP contribution in [0.4, 0.5) is 8.78 Å². The van der Waals surface area contributed by atoms with Gasteiger partial charge in [0, 0.05) is 11.6 Å². The van der Waals surface area contributed by atoms with Crippen molar-refractivity contribution in [2.45, 2.75) is 6.54 Å². The van der Waals surface area contributed by atoms with E-state index in [4.69, 9.17) is 5.73 Å². The molecule has 0 atom stereocenters. The number of H-pyrrole nitrogens is 1. The van der Waals surface area contributed by atoms with Crippen molar-refractivity contribution in [2.75, 3.05) is 0 Å². The van der Waals surface area contributed by atoms with Crippen LogP contribution in [0.1, 0.15) is 5.82 Å². The molecule has 1 aromatic carbocycles. The third-order valence-corrected chi connectivity index (χ3v) is 2.86. The van der Waals surface area contributed by atoms with Crippen molar-refractivity contribution in [3.63, 3.8) is 0 Å². The number of rotatable bonds is 2. The van der Waals surface area contributed by atoms with Crippen LogP contribution >= 0.6 is 0 Å². The van der Waals surface area contributed by atoms with E-state index in [9.17, 15) is 13.6 Å². The third kappa shape index (κ3) is 1.86. The molecule has 102 valence electrons. The molecular weight excluding hydrogens is 268 g/mol. The number of hydrogen-bond donors (Lipinski definition) is 2. The van der Waals surface area contributed by atoms with Crippen LogP contribution in [0.5, 0.6) is 0 Å². The van der Waals surface area contributed by atoms with Gasteiger partial charge in [-0.15, -0.1) is 0 Å². The van der Waals surface area contributed by atoms with Gasteiger partial charge in [0.2, 0.25) is 5.78 Å². The number of nitrogens with one attached hydrogen (secondary N) is 1. The average Bonchev–Trinajstić information content (AvgIpc) is 2.85. The predicted octanol–water partition coefficient (Wildman–Crippen LogP) is 0.821. The number of halogens is 2. The standard InChI is InChI=1S/C12H9F2N5O/c13-7-2-1-6(3-8(7)14)9-4-11(20)19-10(5-15)17-18-12(19)16-9/h1-4H,5,15H2,(H,16,18). The molecule has 0 radical (unpaired) electrons. The minimum Gasteiger partial charge on any atom is -0.324 e. The Morgan fingerprint density at radius 2 is 2.05 bits per heavy atom. The lowest BCUT2D eigenvalue weighted by Crippen LogP contribution is -2.17. The van der Waals surface area contributed by atoms with Crippen molar-refractivity contribution in [3.05, 3.63) is 52.1 Å². The van der Waals surface area contributed by atoms with E-state index in [-0.39, 0.29) is 18.0 Å². The van der Waals surface area contributed by atoms with E-state index in [1.807, 2.05) is 0 Å². The second kappa shape index (κ2) is 4.49. The molecule has 0 bridgehead atoms. The van der Waals surface area contributed by atoms with Crippen molar-refractivity contribution in [1.82, 2.24) is 19.6 Å². The van der Waals surface area contributed by atoms with Crippen LogP contribution in [0.2, 0.25) is 0 Å². The van der Waals surface area contributed by atoms with E-state index in [2.05, 4.69) is 15.2 Å². The maximum atomic E-state index is 13.2. The minimum absolute atomic E-state index is 0.0755. The highest BCUT2D eigenvalue weighted by atomic mass is 19.2. The lowest BCUT2D eigenvalue weighted by molar-refractivity contribution is 0.509. The van der Waals surface area contributed by atoms with Crippen LogP contribution in [0.15, 0.2) is 29.1 Å². The van der Waals surface area contributed by atoms with Gasteiger partial charge in [0.05, 0.1) is 12.2 Å². The summed E-state index contributed by atoms with van der Waals surface area (Å²) < 4.78 is 27.3. The zero-order valence-corrected chi connectivity index (χ0v) is 10.1.